The van der Waals surface area contributed by atoms with Gasteiger partial charge in [0.15, 0.2) is 0 Å². The zero-order valence-electron chi connectivity index (χ0n) is 10.3. The number of allylic oxidation sites excluding steroid dienone is 1. The predicted molar refractivity (Wildman–Crippen MR) is 78.2 cm³/mol. The number of benzene rings is 2. The van der Waals surface area contributed by atoms with Gasteiger partial charge in [0.25, 0.3) is 0 Å². The Hall–Kier alpha value is -2.79. The van der Waals surface area contributed by atoms with Crippen molar-refractivity contribution in [3.05, 3.63) is 71.9 Å². The summed E-state index contributed by atoms with van der Waals surface area (Å²) in [4.78, 5) is 3.28. The number of aromatic nitrogens is 1. The van der Waals surface area contributed by atoms with Crippen LogP contribution in [0, 0.1) is 11.3 Å². The molecule has 0 aliphatic heterocycles. The summed E-state index contributed by atoms with van der Waals surface area (Å²) in [6, 6.07) is 22.1. The quantitative estimate of drug-likeness (QED) is 0.673. The fourth-order valence-corrected chi connectivity index (χ4v) is 2.10. The highest BCUT2D eigenvalue weighted by Gasteiger charge is 2.05. The highest BCUT2D eigenvalue weighted by molar-refractivity contribution is 5.93. The molecule has 3 rings (SSSR count). The van der Waals surface area contributed by atoms with Gasteiger partial charge in [0, 0.05) is 10.9 Å². The Morgan fingerprint density at radius 2 is 1.74 bits per heavy atom. The second-order valence-electron chi connectivity index (χ2n) is 4.35. The molecule has 0 atom stereocenters. The van der Waals surface area contributed by atoms with Gasteiger partial charge in [-0.15, -0.1) is 0 Å². The average molecular weight is 244 g/mol. The molecule has 2 heteroatoms. The summed E-state index contributed by atoms with van der Waals surface area (Å²) in [6.45, 7) is 0. The second kappa shape index (κ2) is 4.83. The first kappa shape index (κ1) is 11.3. The van der Waals surface area contributed by atoms with Crippen LogP contribution in [0.3, 0.4) is 0 Å². The summed E-state index contributed by atoms with van der Waals surface area (Å²) in [5.41, 5.74) is 3.57. The molecule has 0 spiro atoms. The zero-order valence-corrected chi connectivity index (χ0v) is 10.3. The minimum Gasteiger partial charge on any atom is -0.354 e. The predicted octanol–water partition coefficient (Wildman–Crippen LogP) is 4.23. The molecule has 0 saturated heterocycles. The van der Waals surface area contributed by atoms with Crippen molar-refractivity contribution in [2.45, 2.75) is 0 Å². The summed E-state index contributed by atoms with van der Waals surface area (Å²) in [6.07, 6.45) is 1.89. The molecule has 0 aliphatic carbocycles. The van der Waals surface area contributed by atoms with E-state index in [1.165, 1.54) is 0 Å². The van der Waals surface area contributed by atoms with Crippen molar-refractivity contribution in [1.29, 1.82) is 5.26 Å². The number of hydrogen-bond donors (Lipinski definition) is 1. The van der Waals surface area contributed by atoms with Crippen LogP contribution in [0.2, 0.25) is 0 Å². The summed E-state index contributed by atoms with van der Waals surface area (Å²) >= 11 is 0. The number of rotatable bonds is 2. The SMILES string of the molecule is N#C/C(=C\c1ccccc1)c1cc2ccccc2[nH]1. The van der Waals surface area contributed by atoms with Gasteiger partial charge in [0.05, 0.1) is 11.3 Å². The van der Waals surface area contributed by atoms with Gasteiger partial charge >= 0.3 is 0 Å². The van der Waals surface area contributed by atoms with Crippen LogP contribution in [0.5, 0.6) is 0 Å². The van der Waals surface area contributed by atoms with E-state index < -0.39 is 0 Å². The van der Waals surface area contributed by atoms with Gasteiger partial charge in [-0.1, -0.05) is 48.5 Å². The molecule has 1 aromatic heterocycles. The molecule has 3 aromatic rings. The third-order valence-electron chi connectivity index (χ3n) is 3.05. The van der Waals surface area contributed by atoms with E-state index in [1.807, 2.05) is 66.7 Å². The van der Waals surface area contributed by atoms with E-state index in [4.69, 9.17) is 0 Å². The zero-order chi connectivity index (χ0) is 13.1. The van der Waals surface area contributed by atoms with Crippen molar-refractivity contribution >= 4 is 22.6 Å². The topological polar surface area (TPSA) is 39.6 Å². The van der Waals surface area contributed by atoms with E-state index in [0.29, 0.717) is 5.57 Å². The summed E-state index contributed by atoms with van der Waals surface area (Å²) in [7, 11) is 0. The van der Waals surface area contributed by atoms with Crippen LogP contribution in [0.1, 0.15) is 11.3 Å². The minimum absolute atomic E-state index is 0.641. The summed E-state index contributed by atoms with van der Waals surface area (Å²) in [5.74, 6) is 0. The van der Waals surface area contributed by atoms with Crippen molar-refractivity contribution < 1.29 is 0 Å². The van der Waals surface area contributed by atoms with Crippen LogP contribution in [-0.4, -0.2) is 4.98 Å². The van der Waals surface area contributed by atoms with Gasteiger partial charge in [-0.2, -0.15) is 5.26 Å². The fourth-order valence-electron chi connectivity index (χ4n) is 2.10. The fraction of sp³-hybridized carbons (Fsp3) is 0. The molecule has 1 N–H and O–H groups in total. The van der Waals surface area contributed by atoms with E-state index in [9.17, 15) is 5.26 Å². The lowest BCUT2D eigenvalue weighted by atomic mass is 10.1. The van der Waals surface area contributed by atoms with Crippen LogP contribution >= 0.6 is 0 Å². The first-order valence-corrected chi connectivity index (χ1v) is 6.12. The molecule has 1 heterocycles. The number of hydrogen-bond acceptors (Lipinski definition) is 1. The smallest absolute Gasteiger partial charge is 0.101 e. The summed E-state index contributed by atoms with van der Waals surface area (Å²) < 4.78 is 0. The molecule has 2 nitrogen and oxygen atoms in total. The van der Waals surface area contributed by atoms with Crippen molar-refractivity contribution in [2.75, 3.05) is 0 Å². The van der Waals surface area contributed by atoms with Gasteiger partial charge in [-0.25, -0.2) is 0 Å². The molecule has 0 bridgehead atoms. The highest BCUT2D eigenvalue weighted by Crippen LogP contribution is 2.22. The Balaban J connectivity index is 2.08. The van der Waals surface area contributed by atoms with Gasteiger partial charge in [0.2, 0.25) is 0 Å². The minimum atomic E-state index is 0.641. The number of aromatic amines is 1. The Morgan fingerprint density at radius 1 is 1.00 bits per heavy atom. The Labute approximate surface area is 111 Å². The highest BCUT2D eigenvalue weighted by atomic mass is 14.7. The second-order valence-corrected chi connectivity index (χ2v) is 4.35. The normalized spacial score (nSPS) is 11.4. The van der Waals surface area contributed by atoms with Crippen molar-refractivity contribution in [1.82, 2.24) is 4.98 Å². The molecular formula is C17H12N2. The first-order valence-electron chi connectivity index (χ1n) is 6.12. The van der Waals surface area contributed by atoms with Gasteiger partial charge < -0.3 is 4.98 Å². The van der Waals surface area contributed by atoms with Crippen LogP contribution in [0.25, 0.3) is 22.6 Å². The number of fused-ring (bicyclic) bond motifs is 1. The molecule has 0 amide bonds. The van der Waals surface area contributed by atoms with Crippen LogP contribution in [0.15, 0.2) is 60.7 Å². The molecule has 19 heavy (non-hydrogen) atoms. The number of nitrogens with one attached hydrogen (secondary N) is 1. The lowest BCUT2D eigenvalue weighted by Crippen LogP contribution is -1.81. The maximum absolute atomic E-state index is 9.33. The first-order chi connectivity index (χ1) is 9.36. The van der Waals surface area contributed by atoms with Crippen molar-refractivity contribution in [3.8, 4) is 6.07 Å². The number of para-hydroxylation sites is 1. The number of nitrogens with zero attached hydrogens (tertiary/aromatic N) is 1. The third kappa shape index (κ3) is 2.27. The molecule has 0 saturated carbocycles. The monoisotopic (exact) mass is 244 g/mol. The van der Waals surface area contributed by atoms with E-state index >= 15 is 0 Å². The van der Waals surface area contributed by atoms with Crippen molar-refractivity contribution in [2.24, 2.45) is 0 Å². The lowest BCUT2D eigenvalue weighted by Gasteiger charge is -1.95. The molecule has 0 unspecified atom stereocenters. The van der Waals surface area contributed by atoms with Crippen molar-refractivity contribution in [3.63, 3.8) is 0 Å². The van der Waals surface area contributed by atoms with Gasteiger partial charge in [-0.3, -0.25) is 0 Å². The van der Waals surface area contributed by atoms with Gasteiger partial charge in [-0.05, 0) is 23.8 Å². The third-order valence-corrected chi connectivity index (χ3v) is 3.05. The van der Waals surface area contributed by atoms with Crippen LogP contribution in [0.4, 0.5) is 0 Å². The van der Waals surface area contributed by atoms with Gasteiger partial charge in [0.1, 0.15) is 6.07 Å². The Kier molecular flexibility index (Phi) is 2.88. The molecular weight excluding hydrogens is 232 g/mol. The lowest BCUT2D eigenvalue weighted by molar-refractivity contribution is 1.40. The molecule has 90 valence electrons. The Morgan fingerprint density at radius 3 is 2.47 bits per heavy atom. The standard InChI is InChI=1S/C17H12N2/c18-12-15(10-13-6-2-1-3-7-13)17-11-14-8-4-5-9-16(14)19-17/h1-11,19H/b15-10+. The maximum Gasteiger partial charge on any atom is 0.101 e. The maximum atomic E-state index is 9.33. The largest absolute Gasteiger partial charge is 0.354 e. The number of nitriles is 1. The molecule has 2 aromatic carbocycles. The molecule has 0 radical (unpaired) electrons. The van der Waals surface area contributed by atoms with Crippen LogP contribution in [-0.2, 0) is 0 Å². The van der Waals surface area contributed by atoms with E-state index in [2.05, 4.69) is 11.1 Å². The summed E-state index contributed by atoms with van der Waals surface area (Å²) in [5, 5.41) is 10.4. The van der Waals surface area contributed by atoms with Crippen LogP contribution < -0.4 is 0 Å². The molecule has 0 fully saturated rings. The Bertz CT molecular complexity index is 741. The van der Waals surface area contributed by atoms with E-state index in [-0.39, 0.29) is 0 Å². The average Bonchev–Trinajstić information content (AvgIpc) is 2.89. The molecule has 0 aliphatic rings. The van der Waals surface area contributed by atoms with E-state index in [1.54, 1.807) is 0 Å². The van der Waals surface area contributed by atoms with E-state index in [0.717, 1.165) is 22.2 Å². The number of H-pyrrole nitrogens is 1.